The summed E-state index contributed by atoms with van der Waals surface area (Å²) in [6.07, 6.45) is 4.79. The number of aromatic nitrogens is 2. The lowest BCUT2D eigenvalue weighted by Gasteiger charge is -2.22. The van der Waals surface area contributed by atoms with E-state index in [1.54, 1.807) is 12.1 Å². The third-order valence-corrected chi connectivity index (χ3v) is 6.13. The molecule has 0 unspecified atom stereocenters. The number of carbonyl (C=O) groups excluding carboxylic acids is 1. The van der Waals surface area contributed by atoms with Crippen molar-refractivity contribution in [3.05, 3.63) is 58.9 Å². The van der Waals surface area contributed by atoms with Crippen molar-refractivity contribution in [2.24, 2.45) is 5.92 Å². The molecule has 31 heavy (non-hydrogen) atoms. The van der Waals surface area contributed by atoms with E-state index in [1.807, 2.05) is 30.3 Å². The molecule has 4 rings (SSSR count). The Morgan fingerprint density at radius 1 is 1.19 bits per heavy atom. The van der Waals surface area contributed by atoms with E-state index < -0.39 is 0 Å². The van der Waals surface area contributed by atoms with Crippen LogP contribution in [0.2, 0.25) is 5.02 Å². The zero-order chi connectivity index (χ0) is 21.6. The van der Waals surface area contributed by atoms with Crippen molar-refractivity contribution in [3.63, 3.8) is 0 Å². The van der Waals surface area contributed by atoms with Gasteiger partial charge in [-0.3, -0.25) is 0 Å². The largest absolute Gasteiger partial charge is 0.486 e. The number of fused-ring (bicyclic) bond motifs is 1. The molecule has 6 nitrogen and oxygen atoms in total. The zero-order valence-electron chi connectivity index (χ0n) is 17.8. The summed E-state index contributed by atoms with van der Waals surface area (Å²) in [7, 11) is 1.39. The molecule has 0 aliphatic carbocycles. The van der Waals surface area contributed by atoms with Crippen LogP contribution in [-0.2, 0) is 17.9 Å². The number of methoxy groups -OCH3 is 1. The van der Waals surface area contributed by atoms with Crippen LogP contribution in [0.5, 0.6) is 5.75 Å². The zero-order valence-corrected chi connectivity index (χ0v) is 18.5. The van der Waals surface area contributed by atoms with Crippen LogP contribution in [0.15, 0.2) is 42.5 Å². The molecule has 0 saturated carbocycles. The topological polar surface area (TPSA) is 65.4 Å². The van der Waals surface area contributed by atoms with E-state index in [2.05, 4.69) is 9.88 Å². The van der Waals surface area contributed by atoms with Crippen molar-refractivity contribution >= 4 is 28.6 Å². The highest BCUT2D eigenvalue weighted by molar-refractivity contribution is 6.30. The van der Waals surface area contributed by atoms with Crippen LogP contribution >= 0.6 is 11.6 Å². The lowest BCUT2D eigenvalue weighted by Crippen LogP contribution is -2.27. The molecule has 7 heteroatoms. The SMILES string of the molecule is COC(=O)c1ccc2c(c1)nc(COc1ccc(Cl)cc1)n2CCCC1CCNCC1. The molecule has 1 aromatic heterocycles. The number of rotatable bonds is 8. The van der Waals surface area contributed by atoms with Crippen LogP contribution in [0.1, 0.15) is 41.9 Å². The highest BCUT2D eigenvalue weighted by atomic mass is 35.5. The Morgan fingerprint density at radius 2 is 1.97 bits per heavy atom. The molecule has 0 bridgehead atoms. The second-order valence-electron chi connectivity index (χ2n) is 7.95. The predicted octanol–water partition coefficient (Wildman–Crippen LogP) is 4.84. The summed E-state index contributed by atoms with van der Waals surface area (Å²) in [6, 6.07) is 12.8. The number of piperidine rings is 1. The Labute approximate surface area is 187 Å². The number of hydrogen-bond donors (Lipinski definition) is 1. The van der Waals surface area contributed by atoms with E-state index in [9.17, 15) is 4.79 Å². The fourth-order valence-electron chi connectivity index (χ4n) is 4.17. The second-order valence-corrected chi connectivity index (χ2v) is 8.39. The van der Waals surface area contributed by atoms with Gasteiger partial charge in [0.15, 0.2) is 0 Å². The summed E-state index contributed by atoms with van der Waals surface area (Å²) >= 11 is 5.97. The number of benzene rings is 2. The van der Waals surface area contributed by atoms with Gasteiger partial charge in [0.25, 0.3) is 0 Å². The highest BCUT2D eigenvalue weighted by Gasteiger charge is 2.16. The van der Waals surface area contributed by atoms with Gasteiger partial charge in [-0.2, -0.15) is 0 Å². The maximum Gasteiger partial charge on any atom is 0.337 e. The standard InChI is InChI=1S/C24H28ClN3O3/c1-30-24(29)18-4-9-22-21(15-18)27-23(16-31-20-7-5-19(25)6-8-20)28(22)14-2-3-17-10-12-26-13-11-17/h4-9,15,17,26H,2-3,10-14,16H2,1H3. The molecule has 0 atom stereocenters. The second kappa shape index (κ2) is 10.2. The Morgan fingerprint density at radius 3 is 2.71 bits per heavy atom. The van der Waals surface area contributed by atoms with Gasteiger partial charge in [0.2, 0.25) is 0 Å². The number of ether oxygens (including phenoxy) is 2. The van der Waals surface area contributed by atoms with Crippen LogP contribution < -0.4 is 10.1 Å². The molecule has 1 aliphatic heterocycles. The summed E-state index contributed by atoms with van der Waals surface area (Å²) in [6.45, 7) is 3.46. The molecule has 1 saturated heterocycles. The first-order valence-electron chi connectivity index (χ1n) is 10.8. The maximum absolute atomic E-state index is 11.9. The van der Waals surface area contributed by atoms with E-state index in [1.165, 1.54) is 26.4 Å². The van der Waals surface area contributed by atoms with Crippen molar-refractivity contribution in [1.82, 2.24) is 14.9 Å². The Bertz CT molecular complexity index is 1030. The molecule has 1 aliphatic rings. The normalized spacial score (nSPS) is 14.6. The molecule has 0 amide bonds. The lowest BCUT2D eigenvalue weighted by atomic mass is 9.93. The maximum atomic E-state index is 11.9. The van der Waals surface area contributed by atoms with Gasteiger partial charge >= 0.3 is 5.97 Å². The Balaban J connectivity index is 1.54. The van der Waals surface area contributed by atoms with Crippen molar-refractivity contribution in [1.29, 1.82) is 0 Å². The van der Waals surface area contributed by atoms with Crippen molar-refractivity contribution < 1.29 is 14.3 Å². The van der Waals surface area contributed by atoms with Gasteiger partial charge in [-0.15, -0.1) is 0 Å². The van der Waals surface area contributed by atoms with Gasteiger partial charge in [-0.05, 0) is 87.2 Å². The van der Waals surface area contributed by atoms with Crippen LogP contribution in [0.3, 0.4) is 0 Å². The number of hydrogen-bond acceptors (Lipinski definition) is 5. The molecular formula is C24H28ClN3O3. The number of esters is 1. The van der Waals surface area contributed by atoms with Gasteiger partial charge < -0.3 is 19.4 Å². The van der Waals surface area contributed by atoms with Gasteiger partial charge in [0.1, 0.15) is 18.2 Å². The van der Waals surface area contributed by atoms with Crippen LogP contribution in [0.25, 0.3) is 11.0 Å². The van der Waals surface area contributed by atoms with Crippen LogP contribution in [0.4, 0.5) is 0 Å². The van der Waals surface area contributed by atoms with E-state index in [-0.39, 0.29) is 5.97 Å². The van der Waals surface area contributed by atoms with Gasteiger partial charge in [0, 0.05) is 11.6 Å². The Kier molecular flexibility index (Phi) is 7.10. The van der Waals surface area contributed by atoms with E-state index in [4.69, 9.17) is 26.1 Å². The Hall–Kier alpha value is -2.57. The van der Waals surface area contributed by atoms with Gasteiger partial charge in [0.05, 0.1) is 23.7 Å². The molecular weight excluding hydrogens is 414 g/mol. The minimum absolute atomic E-state index is 0.344. The number of nitrogens with zero attached hydrogens (tertiary/aromatic N) is 2. The number of halogens is 1. The molecule has 1 N–H and O–H groups in total. The van der Waals surface area contributed by atoms with Crippen molar-refractivity contribution in [2.45, 2.75) is 38.8 Å². The molecule has 2 heterocycles. The number of imidazole rings is 1. The predicted molar refractivity (Wildman–Crippen MR) is 122 cm³/mol. The quantitative estimate of drug-likeness (QED) is 0.507. The third-order valence-electron chi connectivity index (χ3n) is 5.88. The fourth-order valence-corrected chi connectivity index (χ4v) is 4.30. The number of aryl methyl sites for hydroxylation is 1. The first kappa shape index (κ1) is 21.7. The summed E-state index contributed by atoms with van der Waals surface area (Å²) in [4.78, 5) is 16.7. The number of nitrogens with one attached hydrogen (secondary N) is 1. The lowest BCUT2D eigenvalue weighted by molar-refractivity contribution is 0.0601. The van der Waals surface area contributed by atoms with Gasteiger partial charge in [-0.1, -0.05) is 11.6 Å². The molecule has 0 spiro atoms. The monoisotopic (exact) mass is 441 g/mol. The molecule has 164 valence electrons. The van der Waals surface area contributed by atoms with E-state index in [0.29, 0.717) is 17.2 Å². The van der Waals surface area contributed by atoms with Crippen LogP contribution in [0, 0.1) is 5.92 Å². The molecule has 2 aromatic carbocycles. The molecule has 3 aromatic rings. The van der Waals surface area contributed by atoms with Gasteiger partial charge in [-0.25, -0.2) is 9.78 Å². The minimum atomic E-state index is -0.360. The van der Waals surface area contributed by atoms with Crippen molar-refractivity contribution in [2.75, 3.05) is 20.2 Å². The summed E-state index contributed by atoms with van der Waals surface area (Å²) in [5.74, 6) is 2.02. The highest BCUT2D eigenvalue weighted by Crippen LogP contribution is 2.24. The molecule has 0 radical (unpaired) electrons. The summed E-state index contributed by atoms with van der Waals surface area (Å²) in [5.41, 5.74) is 2.28. The number of carbonyl (C=O) groups is 1. The summed E-state index contributed by atoms with van der Waals surface area (Å²) in [5, 5.41) is 4.10. The van der Waals surface area contributed by atoms with E-state index in [0.717, 1.165) is 54.6 Å². The van der Waals surface area contributed by atoms with Crippen LogP contribution in [-0.4, -0.2) is 35.7 Å². The minimum Gasteiger partial charge on any atom is -0.486 e. The summed E-state index contributed by atoms with van der Waals surface area (Å²) < 4.78 is 13.0. The smallest absolute Gasteiger partial charge is 0.337 e. The molecule has 1 fully saturated rings. The first-order chi connectivity index (χ1) is 15.1. The average molecular weight is 442 g/mol. The van der Waals surface area contributed by atoms with Crippen molar-refractivity contribution in [3.8, 4) is 5.75 Å². The fraction of sp³-hybridized carbons (Fsp3) is 0.417. The first-order valence-corrected chi connectivity index (χ1v) is 11.2. The average Bonchev–Trinajstić information content (AvgIpc) is 3.15. The van der Waals surface area contributed by atoms with E-state index >= 15 is 0 Å². The third kappa shape index (κ3) is 5.38.